The lowest BCUT2D eigenvalue weighted by molar-refractivity contribution is 0.168. The second-order valence-corrected chi connectivity index (χ2v) is 4.78. The van der Waals surface area contributed by atoms with E-state index in [-0.39, 0.29) is 0 Å². The largest absolute Gasteiger partial charge is 0.386 e. The van der Waals surface area contributed by atoms with E-state index in [2.05, 4.69) is 35.4 Å². The van der Waals surface area contributed by atoms with Gasteiger partial charge in [-0.15, -0.1) is 0 Å². The fraction of sp³-hybridized carbons (Fsp3) is 0.188. The highest BCUT2D eigenvalue weighted by atomic mass is 16.3. The lowest BCUT2D eigenvalue weighted by atomic mass is 10.0. The Kier molecular flexibility index (Phi) is 3.05. The Labute approximate surface area is 112 Å². The first-order chi connectivity index (χ1) is 9.24. The zero-order chi connectivity index (χ0) is 13.2. The van der Waals surface area contributed by atoms with Crippen LogP contribution in [0.15, 0.2) is 54.7 Å². The number of nitrogens with zero attached hydrogens (tertiary/aromatic N) is 2. The molecule has 0 spiro atoms. The molecule has 0 amide bonds. The maximum Gasteiger partial charge on any atom is 0.0996 e. The van der Waals surface area contributed by atoms with Crippen LogP contribution in [0.5, 0.6) is 0 Å². The molecular weight excluding hydrogens is 236 g/mol. The molecule has 0 radical (unpaired) electrons. The van der Waals surface area contributed by atoms with Crippen molar-refractivity contribution < 1.29 is 5.11 Å². The average Bonchev–Trinajstić information content (AvgIpc) is 2.85. The Morgan fingerprint density at radius 2 is 1.89 bits per heavy atom. The zero-order valence-corrected chi connectivity index (χ0v) is 10.8. The number of hydrogen-bond donors (Lipinski definition) is 1. The van der Waals surface area contributed by atoms with Crippen molar-refractivity contribution in [2.45, 2.75) is 12.5 Å². The minimum atomic E-state index is -0.520. The molecule has 0 saturated carbocycles. The first-order valence-electron chi connectivity index (χ1n) is 6.38. The highest BCUT2D eigenvalue weighted by Gasteiger charge is 2.12. The number of benzene rings is 2. The van der Waals surface area contributed by atoms with E-state index in [9.17, 15) is 5.11 Å². The molecule has 0 aliphatic heterocycles. The van der Waals surface area contributed by atoms with Crippen molar-refractivity contribution in [2.24, 2.45) is 7.05 Å². The molecule has 0 aliphatic carbocycles. The summed E-state index contributed by atoms with van der Waals surface area (Å²) in [5, 5.41) is 16.8. The molecule has 3 rings (SSSR count). The summed E-state index contributed by atoms with van der Waals surface area (Å²) in [7, 11) is 1.85. The summed E-state index contributed by atoms with van der Waals surface area (Å²) in [5.41, 5.74) is 1.97. The first kappa shape index (κ1) is 11.9. The smallest absolute Gasteiger partial charge is 0.0996 e. The summed E-state index contributed by atoms with van der Waals surface area (Å²) >= 11 is 0. The lowest BCUT2D eigenvalue weighted by Crippen LogP contribution is -2.07. The summed E-state index contributed by atoms with van der Waals surface area (Å²) < 4.78 is 1.71. The molecule has 19 heavy (non-hydrogen) atoms. The number of rotatable bonds is 3. The van der Waals surface area contributed by atoms with Gasteiger partial charge in [-0.05, 0) is 22.4 Å². The van der Waals surface area contributed by atoms with Crippen LogP contribution in [0, 0.1) is 0 Å². The molecule has 0 fully saturated rings. The van der Waals surface area contributed by atoms with E-state index in [1.165, 1.54) is 10.8 Å². The second-order valence-electron chi connectivity index (χ2n) is 4.78. The molecular formula is C16H16N2O. The van der Waals surface area contributed by atoms with E-state index in [4.69, 9.17) is 0 Å². The molecule has 1 N–H and O–H groups in total. The quantitative estimate of drug-likeness (QED) is 0.778. The molecule has 1 atom stereocenters. The fourth-order valence-corrected chi connectivity index (χ4v) is 2.40. The van der Waals surface area contributed by atoms with Crippen LogP contribution >= 0.6 is 0 Å². The molecule has 0 saturated heterocycles. The summed E-state index contributed by atoms with van der Waals surface area (Å²) in [4.78, 5) is 0. The van der Waals surface area contributed by atoms with Crippen molar-refractivity contribution in [3.63, 3.8) is 0 Å². The molecule has 1 heterocycles. The monoisotopic (exact) mass is 252 g/mol. The van der Waals surface area contributed by atoms with Gasteiger partial charge in [0.05, 0.1) is 11.8 Å². The highest BCUT2D eigenvalue weighted by Crippen LogP contribution is 2.21. The predicted molar refractivity (Wildman–Crippen MR) is 75.8 cm³/mol. The molecule has 3 aromatic rings. The maximum absolute atomic E-state index is 10.3. The highest BCUT2D eigenvalue weighted by molar-refractivity contribution is 5.82. The first-order valence-corrected chi connectivity index (χ1v) is 6.38. The normalized spacial score (nSPS) is 12.7. The van der Waals surface area contributed by atoms with Crippen LogP contribution in [0.1, 0.15) is 17.4 Å². The standard InChI is InChI=1S/C16H16N2O/c1-18-15(8-9-17-18)16(19)11-12-6-7-13-4-2-3-5-14(13)10-12/h2-10,16,19H,11H2,1H3. The van der Waals surface area contributed by atoms with Crippen molar-refractivity contribution in [3.8, 4) is 0 Å². The number of hydrogen-bond acceptors (Lipinski definition) is 2. The van der Waals surface area contributed by atoms with Gasteiger partial charge in [-0.2, -0.15) is 5.10 Å². The molecule has 3 nitrogen and oxygen atoms in total. The van der Waals surface area contributed by atoms with Crippen molar-refractivity contribution in [2.75, 3.05) is 0 Å². The number of aryl methyl sites for hydroxylation is 1. The van der Waals surface area contributed by atoms with Gasteiger partial charge in [0.25, 0.3) is 0 Å². The summed E-state index contributed by atoms with van der Waals surface area (Å²) in [6.45, 7) is 0. The predicted octanol–water partition coefficient (Wildman–Crippen LogP) is 2.85. The molecule has 2 aromatic carbocycles. The fourth-order valence-electron chi connectivity index (χ4n) is 2.40. The lowest BCUT2D eigenvalue weighted by Gasteiger charge is -2.11. The summed E-state index contributed by atoms with van der Waals surface area (Å²) in [5.74, 6) is 0. The van der Waals surface area contributed by atoms with Crippen LogP contribution in [-0.4, -0.2) is 14.9 Å². The van der Waals surface area contributed by atoms with Crippen LogP contribution in [-0.2, 0) is 13.5 Å². The Balaban J connectivity index is 1.87. The molecule has 1 aromatic heterocycles. The van der Waals surface area contributed by atoms with Gasteiger partial charge in [-0.1, -0.05) is 42.5 Å². The van der Waals surface area contributed by atoms with Gasteiger partial charge < -0.3 is 5.11 Å². The third kappa shape index (κ3) is 2.37. The topological polar surface area (TPSA) is 38.0 Å². The Morgan fingerprint density at radius 3 is 2.63 bits per heavy atom. The van der Waals surface area contributed by atoms with Gasteiger partial charge in [-0.25, -0.2) is 0 Å². The Morgan fingerprint density at radius 1 is 1.11 bits per heavy atom. The Bertz CT molecular complexity index is 703. The van der Waals surface area contributed by atoms with Crippen LogP contribution < -0.4 is 0 Å². The van der Waals surface area contributed by atoms with E-state index in [0.717, 1.165) is 11.3 Å². The van der Waals surface area contributed by atoms with Crippen LogP contribution in [0.4, 0.5) is 0 Å². The minimum Gasteiger partial charge on any atom is -0.386 e. The van der Waals surface area contributed by atoms with E-state index in [0.29, 0.717) is 6.42 Å². The number of aromatic nitrogens is 2. The SMILES string of the molecule is Cn1nccc1C(O)Cc1ccc2ccccc2c1. The third-order valence-electron chi connectivity index (χ3n) is 3.44. The minimum absolute atomic E-state index is 0.520. The van der Waals surface area contributed by atoms with Gasteiger partial charge in [0.1, 0.15) is 0 Å². The van der Waals surface area contributed by atoms with E-state index in [1.54, 1.807) is 10.9 Å². The van der Waals surface area contributed by atoms with Crippen molar-refractivity contribution >= 4 is 10.8 Å². The maximum atomic E-state index is 10.3. The number of aliphatic hydroxyl groups is 1. The van der Waals surface area contributed by atoms with Gasteiger partial charge in [0.2, 0.25) is 0 Å². The van der Waals surface area contributed by atoms with Crippen molar-refractivity contribution in [1.29, 1.82) is 0 Å². The molecule has 3 heteroatoms. The van der Waals surface area contributed by atoms with Crippen LogP contribution in [0.3, 0.4) is 0 Å². The van der Waals surface area contributed by atoms with E-state index < -0.39 is 6.10 Å². The van der Waals surface area contributed by atoms with E-state index >= 15 is 0 Å². The third-order valence-corrected chi connectivity index (χ3v) is 3.44. The van der Waals surface area contributed by atoms with Gasteiger partial charge in [0.15, 0.2) is 0 Å². The van der Waals surface area contributed by atoms with Crippen molar-refractivity contribution in [3.05, 3.63) is 66.0 Å². The van der Waals surface area contributed by atoms with Crippen LogP contribution in [0.2, 0.25) is 0 Å². The molecule has 96 valence electrons. The van der Waals surface area contributed by atoms with Gasteiger partial charge in [0, 0.05) is 19.7 Å². The Hall–Kier alpha value is -2.13. The molecule has 0 aliphatic rings. The van der Waals surface area contributed by atoms with Crippen LogP contribution in [0.25, 0.3) is 10.8 Å². The number of aliphatic hydroxyl groups excluding tert-OH is 1. The number of fused-ring (bicyclic) bond motifs is 1. The summed E-state index contributed by atoms with van der Waals surface area (Å²) in [6, 6.07) is 16.4. The van der Waals surface area contributed by atoms with E-state index in [1.807, 2.05) is 25.2 Å². The second kappa shape index (κ2) is 4.86. The average molecular weight is 252 g/mol. The molecule has 1 unspecified atom stereocenters. The van der Waals surface area contributed by atoms with Gasteiger partial charge >= 0.3 is 0 Å². The van der Waals surface area contributed by atoms with Gasteiger partial charge in [-0.3, -0.25) is 4.68 Å². The van der Waals surface area contributed by atoms with Crippen molar-refractivity contribution in [1.82, 2.24) is 9.78 Å². The molecule has 0 bridgehead atoms. The summed E-state index contributed by atoms with van der Waals surface area (Å²) in [6.07, 6.45) is 1.79. The zero-order valence-electron chi connectivity index (χ0n) is 10.8.